The van der Waals surface area contributed by atoms with Gasteiger partial charge in [0.1, 0.15) is 5.75 Å². The molecule has 0 aliphatic carbocycles. The maximum absolute atomic E-state index is 11.8. The Morgan fingerprint density at radius 2 is 2.18 bits per heavy atom. The number of rotatable bonds is 4. The molecule has 2 aromatic rings. The normalized spacial score (nSPS) is 12.6. The Morgan fingerprint density at radius 1 is 1.41 bits per heavy atom. The minimum Gasteiger partial charge on any atom is -0.610 e. The highest BCUT2D eigenvalue weighted by Crippen LogP contribution is 2.26. The van der Waals surface area contributed by atoms with Crippen LogP contribution in [0.25, 0.3) is 10.2 Å². The fraction of sp³-hybridized carbons (Fsp3) is 0.182. The van der Waals surface area contributed by atoms with Crippen LogP contribution in [0.4, 0.5) is 8.78 Å². The van der Waals surface area contributed by atoms with Gasteiger partial charge in [-0.2, -0.15) is 13.8 Å². The lowest BCUT2D eigenvalue weighted by atomic mass is 10.3. The minimum absolute atomic E-state index is 0.102. The fourth-order valence-electron chi connectivity index (χ4n) is 1.31. The number of allylic oxidation sites excluding steroid dienone is 1. The Bertz CT molecular complexity index is 504. The summed E-state index contributed by atoms with van der Waals surface area (Å²) >= 11 is 0.0418. The van der Waals surface area contributed by atoms with E-state index in [1.807, 2.05) is 24.3 Å². The van der Waals surface area contributed by atoms with Crippen molar-refractivity contribution in [1.29, 1.82) is 0 Å². The second-order valence-electron chi connectivity index (χ2n) is 3.28. The van der Waals surface area contributed by atoms with E-state index in [4.69, 9.17) is 0 Å². The van der Waals surface area contributed by atoms with Crippen LogP contribution in [-0.2, 0) is 11.2 Å². The average molecular weight is 273 g/mol. The third-order valence-corrected chi connectivity index (χ3v) is 4.80. The van der Waals surface area contributed by atoms with Gasteiger partial charge in [-0.1, -0.05) is 23.5 Å². The predicted octanol–water partition coefficient (Wildman–Crippen LogP) is 3.57. The summed E-state index contributed by atoms with van der Waals surface area (Å²) in [6.45, 7) is 0. The van der Waals surface area contributed by atoms with Gasteiger partial charge < -0.3 is 4.55 Å². The van der Waals surface area contributed by atoms with Gasteiger partial charge in [0.05, 0.1) is 10.2 Å². The summed E-state index contributed by atoms with van der Waals surface area (Å²) in [6.07, 6.45) is -0.845. The molecule has 2 rings (SSSR count). The maximum Gasteiger partial charge on any atom is 0.302 e. The molecule has 1 heterocycles. The first-order valence-electron chi connectivity index (χ1n) is 4.92. The molecular formula is C11H9F2NOS2. The molecular weight excluding hydrogens is 264 g/mol. The monoisotopic (exact) mass is 273 g/mol. The van der Waals surface area contributed by atoms with Crippen molar-refractivity contribution in [1.82, 2.24) is 4.98 Å². The van der Waals surface area contributed by atoms with Gasteiger partial charge in [0.15, 0.2) is 0 Å². The van der Waals surface area contributed by atoms with Crippen LogP contribution < -0.4 is 0 Å². The molecule has 0 amide bonds. The number of para-hydroxylation sites is 1. The summed E-state index contributed by atoms with van der Waals surface area (Å²) in [6, 6.07) is 7.48. The van der Waals surface area contributed by atoms with E-state index in [2.05, 4.69) is 4.98 Å². The molecule has 1 atom stereocenters. The summed E-state index contributed by atoms with van der Waals surface area (Å²) in [7, 11) is 0. The van der Waals surface area contributed by atoms with Gasteiger partial charge in [-0.3, -0.25) is 0 Å². The van der Waals surface area contributed by atoms with Crippen LogP contribution in [0.3, 0.4) is 0 Å². The van der Waals surface area contributed by atoms with Crippen LogP contribution in [0.5, 0.6) is 0 Å². The number of aromatic nitrogens is 1. The fourth-order valence-corrected chi connectivity index (χ4v) is 3.61. The smallest absolute Gasteiger partial charge is 0.302 e. The summed E-state index contributed by atoms with van der Waals surface area (Å²) < 4.78 is 36.8. The van der Waals surface area contributed by atoms with Crippen molar-refractivity contribution >= 4 is 32.7 Å². The quantitative estimate of drug-likeness (QED) is 0.798. The number of halogens is 2. The van der Waals surface area contributed by atoms with Gasteiger partial charge in [0, 0.05) is 17.6 Å². The van der Waals surface area contributed by atoms with Crippen molar-refractivity contribution in [3.05, 3.63) is 36.4 Å². The molecule has 0 bridgehead atoms. The highest BCUT2D eigenvalue weighted by Gasteiger charge is 2.16. The van der Waals surface area contributed by atoms with E-state index in [1.165, 1.54) is 11.3 Å². The molecule has 0 radical (unpaired) electrons. The molecule has 0 fully saturated rings. The van der Waals surface area contributed by atoms with Crippen LogP contribution in [0.15, 0.2) is 40.8 Å². The van der Waals surface area contributed by atoms with E-state index in [-0.39, 0.29) is 12.2 Å². The maximum atomic E-state index is 11.8. The Hall–Kier alpha value is -0.980. The lowest BCUT2D eigenvalue weighted by Crippen LogP contribution is -2.05. The van der Waals surface area contributed by atoms with E-state index in [0.29, 0.717) is 4.34 Å². The number of fused-ring (bicyclic) bond motifs is 1. The summed E-state index contributed by atoms with van der Waals surface area (Å²) in [5, 5.41) is 0. The number of thiazole rings is 1. The van der Waals surface area contributed by atoms with Gasteiger partial charge in [-0.15, -0.1) is 0 Å². The standard InChI is InChI=1S/C11H9F2NOS2/c12-10(13)6-3-7-17(15)11-14-8-4-1-2-5-9(8)16-11/h1-2,4-6H,3,7H2. The largest absolute Gasteiger partial charge is 0.610 e. The molecule has 17 heavy (non-hydrogen) atoms. The molecule has 90 valence electrons. The second kappa shape index (κ2) is 5.57. The molecule has 0 saturated heterocycles. The Labute approximate surface area is 104 Å². The lowest BCUT2D eigenvalue weighted by Gasteiger charge is -2.03. The molecule has 2 nitrogen and oxygen atoms in total. The van der Waals surface area contributed by atoms with Crippen molar-refractivity contribution in [2.45, 2.75) is 10.8 Å². The van der Waals surface area contributed by atoms with Gasteiger partial charge in [-0.05, 0) is 18.2 Å². The molecule has 6 heteroatoms. The predicted molar refractivity (Wildman–Crippen MR) is 65.8 cm³/mol. The Morgan fingerprint density at radius 3 is 2.88 bits per heavy atom. The first-order valence-corrected chi connectivity index (χ1v) is 7.05. The van der Waals surface area contributed by atoms with Gasteiger partial charge in [0.2, 0.25) is 0 Å². The van der Waals surface area contributed by atoms with E-state index in [0.717, 1.165) is 16.3 Å². The van der Waals surface area contributed by atoms with Gasteiger partial charge in [0.25, 0.3) is 6.08 Å². The molecule has 0 aliphatic heterocycles. The van der Waals surface area contributed by atoms with Crippen molar-refractivity contribution in [3.63, 3.8) is 0 Å². The highest BCUT2D eigenvalue weighted by atomic mass is 32.2. The van der Waals surface area contributed by atoms with E-state index >= 15 is 0 Å². The van der Waals surface area contributed by atoms with Gasteiger partial charge >= 0.3 is 4.34 Å². The molecule has 1 aromatic heterocycles. The summed E-state index contributed by atoms with van der Waals surface area (Å²) in [5.74, 6) is 0.178. The van der Waals surface area contributed by atoms with E-state index in [1.54, 1.807) is 0 Å². The van der Waals surface area contributed by atoms with Crippen molar-refractivity contribution in [2.75, 3.05) is 5.75 Å². The first kappa shape index (κ1) is 12.5. The third-order valence-electron chi connectivity index (χ3n) is 2.07. The zero-order valence-corrected chi connectivity index (χ0v) is 10.4. The third kappa shape index (κ3) is 3.24. The highest BCUT2D eigenvalue weighted by molar-refractivity contribution is 7.93. The number of benzene rings is 1. The van der Waals surface area contributed by atoms with Crippen LogP contribution in [0.2, 0.25) is 0 Å². The van der Waals surface area contributed by atoms with Crippen LogP contribution in [0, 0.1) is 0 Å². The average Bonchev–Trinajstić information content (AvgIpc) is 2.71. The first-order chi connectivity index (χ1) is 8.16. The molecule has 0 N–H and O–H groups in total. The van der Waals surface area contributed by atoms with Crippen LogP contribution in [-0.4, -0.2) is 15.3 Å². The summed E-state index contributed by atoms with van der Waals surface area (Å²) in [4.78, 5) is 4.22. The molecule has 0 aliphatic rings. The number of hydrogen-bond donors (Lipinski definition) is 0. The zero-order chi connectivity index (χ0) is 12.3. The molecule has 1 unspecified atom stereocenters. The number of nitrogens with zero attached hydrogens (tertiary/aromatic N) is 1. The molecule has 0 saturated carbocycles. The SMILES string of the molecule is [O-][S+](CCC=C(F)F)c1nc2ccccc2s1. The van der Waals surface area contributed by atoms with Crippen molar-refractivity contribution in [3.8, 4) is 0 Å². The second-order valence-corrected chi connectivity index (χ2v) is 6.05. The lowest BCUT2D eigenvalue weighted by molar-refractivity contribution is 0.418. The molecule has 1 aromatic carbocycles. The zero-order valence-electron chi connectivity index (χ0n) is 8.73. The Balaban J connectivity index is 2.08. The van der Waals surface area contributed by atoms with Gasteiger partial charge in [-0.25, -0.2) is 0 Å². The van der Waals surface area contributed by atoms with Crippen molar-refractivity contribution < 1.29 is 13.3 Å². The topological polar surface area (TPSA) is 36.0 Å². The minimum atomic E-state index is -1.73. The van der Waals surface area contributed by atoms with E-state index in [9.17, 15) is 13.3 Å². The summed E-state index contributed by atoms with van der Waals surface area (Å²) in [5.41, 5.74) is 0.799. The molecule has 0 spiro atoms. The Kier molecular flexibility index (Phi) is 4.09. The van der Waals surface area contributed by atoms with E-state index < -0.39 is 17.3 Å². The van der Waals surface area contributed by atoms with Crippen LogP contribution >= 0.6 is 11.3 Å². The van der Waals surface area contributed by atoms with Crippen molar-refractivity contribution in [2.24, 2.45) is 0 Å². The number of hydrogen-bond acceptors (Lipinski definition) is 3. The van der Waals surface area contributed by atoms with Crippen LogP contribution in [0.1, 0.15) is 6.42 Å².